The average molecular weight is 441 g/mol. The van der Waals surface area contributed by atoms with Gasteiger partial charge in [-0.3, -0.25) is 4.79 Å². The van der Waals surface area contributed by atoms with Crippen LogP contribution in [0.5, 0.6) is 0 Å². The first-order chi connectivity index (χ1) is 15.0. The van der Waals surface area contributed by atoms with Crippen molar-refractivity contribution in [1.29, 1.82) is 0 Å². The summed E-state index contributed by atoms with van der Waals surface area (Å²) in [5, 5.41) is 2.78. The van der Waals surface area contributed by atoms with Crippen molar-refractivity contribution in [3.05, 3.63) is 58.3 Å². The Morgan fingerprint density at radius 2 is 1.87 bits per heavy atom. The molecule has 1 fully saturated rings. The quantitative estimate of drug-likeness (QED) is 0.656. The Hall–Kier alpha value is -2.58. The van der Waals surface area contributed by atoms with Crippen LogP contribution in [0.1, 0.15) is 31.9 Å². The molecule has 0 N–H and O–H groups in total. The van der Waals surface area contributed by atoms with Gasteiger partial charge in [0.1, 0.15) is 0 Å². The van der Waals surface area contributed by atoms with Crippen LogP contribution >= 0.6 is 11.8 Å². The highest BCUT2D eigenvalue weighted by atomic mass is 32.2. The fourth-order valence-electron chi connectivity index (χ4n) is 4.11. The van der Waals surface area contributed by atoms with Gasteiger partial charge in [-0.1, -0.05) is 42.1 Å². The lowest BCUT2D eigenvalue weighted by Crippen LogP contribution is -2.47. The van der Waals surface area contributed by atoms with Crippen LogP contribution in [0.15, 0.2) is 57.7 Å². The highest BCUT2D eigenvalue weighted by Gasteiger charge is 2.41. The monoisotopic (exact) mass is 440 g/mol. The number of fused-ring (bicyclic) bond motifs is 1. The van der Waals surface area contributed by atoms with E-state index in [-0.39, 0.29) is 24.3 Å². The van der Waals surface area contributed by atoms with E-state index >= 15 is 0 Å². The van der Waals surface area contributed by atoms with E-state index in [9.17, 15) is 9.59 Å². The molecule has 7 nitrogen and oxygen atoms in total. The molecule has 3 aliphatic rings. The van der Waals surface area contributed by atoms with Crippen molar-refractivity contribution in [1.82, 2.24) is 14.7 Å². The van der Waals surface area contributed by atoms with Crippen LogP contribution in [-0.2, 0) is 14.3 Å². The van der Waals surface area contributed by atoms with Crippen LogP contribution in [-0.4, -0.2) is 71.6 Å². The van der Waals surface area contributed by atoms with Crippen LogP contribution in [0.2, 0.25) is 0 Å². The van der Waals surface area contributed by atoms with Crippen LogP contribution < -0.4 is 0 Å². The highest BCUT2D eigenvalue weighted by molar-refractivity contribution is 8.16. The Bertz CT molecular complexity index is 949. The number of carbonyl (C=O) groups excluding carboxylic acids is 2. The molecule has 0 spiro atoms. The molecule has 31 heavy (non-hydrogen) atoms. The molecule has 0 aromatic heterocycles. The molecule has 4 rings (SSSR count). The van der Waals surface area contributed by atoms with Crippen LogP contribution in [0.25, 0.3) is 0 Å². The third-order valence-corrected chi connectivity index (χ3v) is 6.69. The Kier molecular flexibility index (Phi) is 6.48. The number of piperazine rings is 1. The van der Waals surface area contributed by atoms with E-state index in [4.69, 9.17) is 4.74 Å². The number of hydrogen-bond donors (Lipinski definition) is 0. The molecular weight excluding hydrogens is 412 g/mol. The number of amidine groups is 1. The molecule has 1 saturated heterocycles. The summed E-state index contributed by atoms with van der Waals surface area (Å²) in [5.41, 5.74) is 3.02. The lowest BCUT2D eigenvalue weighted by Gasteiger charge is -2.37. The van der Waals surface area contributed by atoms with E-state index < -0.39 is 0 Å². The Morgan fingerprint density at radius 1 is 1.16 bits per heavy atom. The second kappa shape index (κ2) is 9.28. The Labute approximate surface area is 187 Å². The van der Waals surface area contributed by atoms with Crippen molar-refractivity contribution < 1.29 is 14.3 Å². The molecular formula is C23H28N4O3S. The summed E-state index contributed by atoms with van der Waals surface area (Å²) in [7, 11) is 2.07. The first-order valence-corrected chi connectivity index (χ1v) is 11.5. The van der Waals surface area contributed by atoms with Gasteiger partial charge >= 0.3 is 5.97 Å². The second-order valence-corrected chi connectivity index (χ2v) is 8.72. The van der Waals surface area contributed by atoms with Crippen molar-refractivity contribution in [2.45, 2.75) is 26.3 Å². The van der Waals surface area contributed by atoms with Gasteiger partial charge in [-0.15, -0.1) is 0 Å². The second-order valence-electron chi connectivity index (χ2n) is 7.89. The minimum absolute atomic E-state index is 0.108. The molecule has 1 aromatic carbocycles. The average Bonchev–Trinajstić information content (AvgIpc) is 3.15. The summed E-state index contributed by atoms with van der Waals surface area (Å²) in [6.45, 7) is 7.20. The van der Waals surface area contributed by atoms with E-state index in [1.165, 1.54) is 11.8 Å². The lowest BCUT2D eigenvalue weighted by atomic mass is 9.94. The third-order valence-electron chi connectivity index (χ3n) is 5.80. The molecule has 1 aromatic rings. The molecule has 0 saturated carbocycles. The summed E-state index contributed by atoms with van der Waals surface area (Å²) >= 11 is 1.50. The normalized spacial score (nSPS) is 21.6. The number of amides is 1. The first-order valence-electron chi connectivity index (χ1n) is 10.6. The van der Waals surface area contributed by atoms with Gasteiger partial charge in [0.25, 0.3) is 0 Å². The smallest absolute Gasteiger partial charge is 0.338 e. The summed E-state index contributed by atoms with van der Waals surface area (Å²) in [6.07, 6.45) is 0.286. The zero-order valence-corrected chi connectivity index (χ0v) is 19.0. The Morgan fingerprint density at radius 3 is 2.55 bits per heavy atom. The number of likely N-dealkylation sites (N-methyl/N-ethyl adjacent to an activating group) is 1. The van der Waals surface area contributed by atoms with Crippen molar-refractivity contribution in [3.8, 4) is 0 Å². The Balaban J connectivity index is 1.64. The number of allylic oxidation sites excluding steroid dienone is 1. The molecule has 8 heteroatoms. The van der Waals surface area contributed by atoms with Crippen LogP contribution in [0.4, 0.5) is 0 Å². The van der Waals surface area contributed by atoms with Gasteiger partial charge in [0.2, 0.25) is 5.91 Å². The fourth-order valence-corrected chi connectivity index (χ4v) is 5.08. The van der Waals surface area contributed by atoms with Crippen molar-refractivity contribution in [2.24, 2.45) is 4.99 Å². The van der Waals surface area contributed by atoms with E-state index in [1.807, 2.05) is 52.5 Å². The van der Waals surface area contributed by atoms with Gasteiger partial charge in [0.15, 0.2) is 5.17 Å². The fraction of sp³-hybridized carbons (Fsp3) is 0.435. The molecule has 3 heterocycles. The SMILES string of the molecule is CCOC(=O)C1=C(C)N=C2SC=C(CC(=O)N3CCN(C)CC3)N2C1c1ccccc1. The van der Waals surface area contributed by atoms with E-state index in [1.54, 1.807) is 6.92 Å². The number of esters is 1. The first kappa shape index (κ1) is 21.6. The molecule has 164 valence electrons. The number of carbonyl (C=O) groups is 2. The standard InChI is InChI=1S/C23H28N4O3S/c1-4-30-22(29)20-16(2)24-23-27(21(20)17-8-6-5-7-9-17)18(15-31-23)14-19(28)26-12-10-25(3)11-13-26/h5-9,15,21H,4,10-14H2,1-3H3. The van der Waals surface area contributed by atoms with Gasteiger partial charge in [0, 0.05) is 31.9 Å². The molecule has 1 unspecified atom stereocenters. The molecule has 1 atom stereocenters. The van der Waals surface area contributed by atoms with Gasteiger partial charge in [-0.2, -0.15) is 0 Å². The maximum Gasteiger partial charge on any atom is 0.338 e. The highest BCUT2D eigenvalue weighted by Crippen LogP contribution is 2.44. The number of benzene rings is 1. The van der Waals surface area contributed by atoms with Gasteiger partial charge in [-0.25, -0.2) is 9.79 Å². The number of hydrogen-bond acceptors (Lipinski definition) is 7. The van der Waals surface area contributed by atoms with Gasteiger partial charge in [0.05, 0.1) is 30.3 Å². The summed E-state index contributed by atoms with van der Waals surface area (Å²) in [6, 6.07) is 9.51. The number of aliphatic imine (C=N–C) groups is 1. The molecule has 1 amide bonds. The van der Waals surface area contributed by atoms with Crippen molar-refractivity contribution >= 4 is 28.8 Å². The van der Waals surface area contributed by atoms with Gasteiger partial charge in [-0.05, 0) is 31.9 Å². The summed E-state index contributed by atoms with van der Waals surface area (Å²) in [5.74, 6) is -0.254. The van der Waals surface area contributed by atoms with Gasteiger partial charge < -0.3 is 19.4 Å². The van der Waals surface area contributed by atoms with Crippen LogP contribution in [0, 0.1) is 0 Å². The predicted octanol–water partition coefficient (Wildman–Crippen LogP) is 2.99. The summed E-state index contributed by atoms with van der Waals surface area (Å²) < 4.78 is 5.37. The van der Waals surface area contributed by atoms with E-state index in [0.717, 1.165) is 42.6 Å². The largest absolute Gasteiger partial charge is 0.463 e. The van der Waals surface area contributed by atoms with Crippen molar-refractivity contribution in [3.63, 3.8) is 0 Å². The number of nitrogens with zero attached hydrogens (tertiary/aromatic N) is 4. The molecule has 0 bridgehead atoms. The van der Waals surface area contributed by atoms with E-state index in [0.29, 0.717) is 17.9 Å². The zero-order valence-electron chi connectivity index (χ0n) is 18.2. The van der Waals surface area contributed by atoms with Crippen molar-refractivity contribution in [2.75, 3.05) is 39.8 Å². The molecule has 0 radical (unpaired) electrons. The maximum absolute atomic E-state index is 13.0. The minimum Gasteiger partial charge on any atom is -0.463 e. The molecule has 0 aliphatic carbocycles. The summed E-state index contributed by atoms with van der Waals surface area (Å²) in [4.78, 5) is 36.8. The third kappa shape index (κ3) is 4.41. The number of rotatable bonds is 5. The number of ether oxygens (including phenoxy) is 1. The lowest BCUT2D eigenvalue weighted by molar-refractivity contribution is -0.139. The van der Waals surface area contributed by atoms with E-state index in [2.05, 4.69) is 16.9 Å². The predicted molar refractivity (Wildman–Crippen MR) is 122 cm³/mol. The number of thioether (sulfide) groups is 1. The minimum atomic E-state index is -0.366. The zero-order chi connectivity index (χ0) is 22.0. The maximum atomic E-state index is 13.0. The topological polar surface area (TPSA) is 65.5 Å². The van der Waals surface area contributed by atoms with Crippen LogP contribution in [0.3, 0.4) is 0 Å². The molecule has 3 aliphatic heterocycles.